The van der Waals surface area contributed by atoms with Gasteiger partial charge in [0.1, 0.15) is 30.8 Å². The second-order valence-electron chi connectivity index (χ2n) is 9.91. The highest BCUT2D eigenvalue weighted by Gasteiger charge is 2.44. The molecule has 5 rings (SSSR count). The van der Waals surface area contributed by atoms with E-state index in [9.17, 15) is 0 Å². The van der Waals surface area contributed by atoms with Crippen LogP contribution in [0.1, 0.15) is 25.8 Å². The molecule has 1 aromatic carbocycles. The van der Waals surface area contributed by atoms with E-state index in [0.717, 1.165) is 49.7 Å². The summed E-state index contributed by atoms with van der Waals surface area (Å²) >= 11 is 12.8. The van der Waals surface area contributed by atoms with Gasteiger partial charge in [0.15, 0.2) is 0 Å². The number of hydrogen-bond acceptors (Lipinski definition) is 7. The van der Waals surface area contributed by atoms with E-state index in [4.69, 9.17) is 32.7 Å². The summed E-state index contributed by atoms with van der Waals surface area (Å²) in [7, 11) is 0. The van der Waals surface area contributed by atoms with Crippen LogP contribution >= 0.6 is 23.2 Å². The van der Waals surface area contributed by atoms with E-state index in [0.29, 0.717) is 35.8 Å². The van der Waals surface area contributed by atoms with Crippen LogP contribution in [0, 0.1) is 0 Å². The van der Waals surface area contributed by atoms with Crippen molar-refractivity contribution in [3.05, 3.63) is 64.8 Å². The average molecular weight is 531 g/mol. The second kappa shape index (κ2) is 10.9. The molecule has 0 spiro atoms. The maximum atomic E-state index is 6.63. The summed E-state index contributed by atoms with van der Waals surface area (Å²) in [5.74, 6) is 1.73. The van der Waals surface area contributed by atoms with Crippen LogP contribution in [0.3, 0.4) is 0 Å². The molecule has 2 aliphatic heterocycles. The van der Waals surface area contributed by atoms with Gasteiger partial charge in [0.05, 0.1) is 25.5 Å². The van der Waals surface area contributed by atoms with Gasteiger partial charge in [-0.25, -0.2) is 9.97 Å². The molecule has 0 N–H and O–H groups in total. The lowest BCUT2D eigenvalue weighted by atomic mass is 9.78. The Morgan fingerprint density at radius 1 is 1.14 bits per heavy atom. The zero-order chi connectivity index (χ0) is 25.1. The summed E-state index contributed by atoms with van der Waals surface area (Å²) in [4.78, 5) is 13.6. The lowest BCUT2D eigenvalue weighted by Gasteiger charge is -2.37. The fourth-order valence-corrected chi connectivity index (χ4v) is 5.78. The van der Waals surface area contributed by atoms with E-state index >= 15 is 0 Å². The van der Waals surface area contributed by atoms with Gasteiger partial charge in [-0.15, -0.1) is 0 Å². The number of pyridine rings is 1. The minimum absolute atomic E-state index is 0.0935. The number of piperazine rings is 1. The highest BCUT2D eigenvalue weighted by atomic mass is 35.5. The first-order valence-corrected chi connectivity index (χ1v) is 13.1. The Labute approximate surface area is 222 Å². The van der Waals surface area contributed by atoms with Crippen molar-refractivity contribution in [2.75, 3.05) is 44.3 Å². The first-order chi connectivity index (χ1) is 17.4. The summed E-state index contributed by atoms with van der Waals surface area (Å²) in [6.07, 6.45) is 5.70. The van der Waals surface area contributed by atoms with Crippen LogP contribution < -0.4 is 9.64 Å². The molecular formula is C26H32Cl2N6O2. The van der Waals surface area contributed by atoms with Gasteiger partial charge < -0.3 is 14.4 Å². The fourth-order valence-electron chi connectivity index (χ4n) is 5.17. The van der Waals surface area contributed by atoms with Crippen molar-refractivity contribution in [3.63, 3.8) is 0 Å². The molecule has 0 radical (unpaired) electrons. The largest absolute Gasteiger partial charge is 0.489 e. The smallest absolute Gasteiger partial charge is 0.137 e. The Morgan fingerprint density at radius 2 is 1.97 bits per heavy atom. The van der Waals surface area contributed by atoms with E-state index in [1.807, 2.05) is 28.9 Å². The maximum Gasteiger partial charge on any atom is 0.137 e. The number of aromatic nitrogens is 4. The van der Waals surface area contributed by atoms with Gasteiger partial charge in [-0.1, -0.05) is 29.3 Å². The van der Waals surface area contributed by atoms with Crippen molar-refractivity contribution in [3.8, 4) is 5.75 Å². The zero-order valence-corrected chi connectivity index (χ0v) is 22.2. The molecule has 36 heavy (non-hydrogen) atoms. The molecule has 2 aromatic heterocycles. The molecule has 2 atom stereocenters. The quantitative estimate of drug-likeness (QED) is 0.429. The number of hydrogen-bond donors (Lipinski definition) is 0. The van der Waals surface area contributed by atoms with E-state index in [1.165, 1.54) is 6.33 Å². The van der Waals surface area contributed by atoms with Gasteiger partial charge in [0.2, 0.25) is 0 Å². The van der Waals surface area contributed by atoms with Crippen LogP contribution in [0.4, 0.5) is 5.82 Å². The van der Waals surface area contributed by atoms with E-state index in [-0.39, 0.29) is 11.5 Å². The molecular weight excluding hydrogens is 499 g/mol. The molecule has 2 fully saturated rings. The van der Waals surface area contributed by atoms with E-state index < -0.39 is 0 Å². The molecule has 4 heterocycles. The first-order valence-electron chi connectivity index (χ1n) is 12.4. The van der Waals surface area contributed by atoms with Crippen LogP contribution in [-0.4, -0.2) is 76.2 Å². The maximum absolute atomic E-state index is 6.63. The van der Waals surface area contributed by atoms with Crippen LogP contribution in [-0.2, 0) is 16.7 Å². The standard InChI is InChI=1S/C26H32Cl2N6O2/c1-19(2)32-7-9-33(10-8-32)25-6-4-21(13-30-25)35-14-22-12-26(16-36-22,15-34-18-29-17-31-34)23-5-3-20(27)11-24(23)28/h3-6,11,13,17-19,22H,7-10,12,14-16H2,1-2H3. The van der Waals surface area contributed by atoms with E-state index in [2.05, 4.69) is 38.7 Å². The summed E-state index contributed by atoms with van der Waals surface area (Å²) in [5.41, 5.74) is 0.638. The highest BCUT2D eigenvalue weighted by molar-refractivity contribution is 6.35. The Kier molecular flexibility index (Phi) is 7.67. The van der Waals surface area contributed by atoms with Gasteiger partial charge in [-0.3, -0.25) is 9.58 Å². The third kappa shape index (κ3) is 5.62. The summed E-state index contributed by atoms with van der Waals surface area (Å²) in [6.45, 7) is 10.1. The minimum Gasteiger partial charge on any atom is -0.489 e. The van der Waals surface area contributed by atoms with Gasteiger partial charge in [-0.05, 0) is 50.1 Å². The lowest BCUT2D eigenvalue weighted by Crippen LogP contribution is -2.49. The lowest BCUT2D eigenvalue weighted by molar-refractivity contribution is 0.0635. The van der Waals surface area contributed by atoms with Crippen molar-refractivity contribution in [1.82, 2.24) is 24.6 Å². The fraction of sp³-hybridized carbons (Fsp3) is 0.500. The predicted molar refractivity (Wildman–Crippen MR) is 141 cm³/mol. The van der Waals surface area contributed by atoms with Crippen LogP contribution in [0.15, 0.2) is 49.2 Å². The second-order valence-corrected chi connectivity index (χ2v) is 10.8. The van der Waals surface area contributed by atoms with Gasteiger partial charge in [0, 0.05) is 47.7 Å². The van der Waals surface area contributed by atoms with Crippen molar-refractivity contribution >= 4 is 29.0 Å². The Morgan fingerprint density at radius 3 is 2.64 bits per heavy atom. The molecule has 2 unspecified atom stereocenters. The Hall–Kier alpha value is -2.39. The van der Waals surface area contributed by atoms with Crippen molar-refractivity contribution in [1.29, 1.82) is 0 Å². The molecule has 0 aliphatic carbocycles. The SMILES string of the molecule is CC(C)N1CCN(c2ccc(OCC3CC(Cn4cncn4)(c4ccc(Cl)cc4Cl)CO3)cn2)CC1. The highest BCUT2D eigenvalue weighted by Crippen LogP contribution is 2.42. The number of ether oxygens (including phenoxy) is 2. The molecule has 0 amide bonds. The molecule has 10 heteroatoms. The van der Waals surface area contributed by atoms with E-state index in [1.54, 1.807) is 18.6 Å². The predicted octanol–water partition coefficient (Wildman–Crippen LogP) is 4.32. The summed E-state index contributed by atoms with van der Waals surface area (Å²) in [6, 6.07) is 10.2. The average Bonchev–Trinajstić information content (AvgIpc) is 3.54. The van der Waals surface area contributed by atoms with Gasteiger partial charge >= 0.3 is 0 Å². The zero-order valence-electron chi connectivity index (χ0n) is 20.7. The number of rotatable bonds is 8. The summed E-state index contributed by atoms with van der Waals surface area (Å²) < 4.78 is 14.1. The normalized spacial score (nSPS) is 22.9. The minimum atomic E-state index is -0.358. The molecule has 3 aromatic rings. The van der Waals surface area contributed by atoms with Crippen LogP contribution in [0.5, 0.6) is 5.75 Å². The van der Waals surface area contributed by atoms with Crippen molar-refractivity contribution < 1.29 is 9.47 Å². The molecule has 0 saturated carbocycles. The molecule has 0 bridgehead atoms. The van der Waals surface area contributed by atoms with Crippen molar-refractivity contribution in [2.45, 2.75) is 44.4 Å². The Bertz CT molecular complexity index is 1140. The molecule has 2 aliphatic rings. The summed E-state index contributed by atoms with van der Waals surface area (Å²) in [5, 5.41) is 5.54. The Balaban J connectivity index is 1.21. The monoisotopic (exact) mass is 530 g/mol. The topological polar surface area (TPSA) is 68.5 Å². The molecule has 192 valence electrons. The van der Waals surface area contributed by atoms with Gasteiger partial charge in [0.25, 0.3) is 0 Å². The number of halogens is 2. The van der Waals surface area contributed by atoms with Crippen LogP contribution in [0.2, 0.25) is 10.0 Å². The number of nitrogens with zero attached hydrogens (tertiary/aromatic N) is 6. The third-order valence-corrected chi connectivity index (χ3v) is 7.72. The first kappa shape index (κ1) is 25.3. The van der Waals surface area contributed by atoms with Gasteiger partial charge in [-0.2, -0.15) is 5.10 Å². The van der Waals surface area contributed by atoms with Crippen molar-refractivity contribution in [2.24, 2.45) is 0 Å². The number of anilines is 1. The van der Waals surface area contributed by atoms with Crippen LogP contribution in [0.25, 0.3) is 0 Å². The third-order valence-electron chi connectivity index (χ3n) is 7.17. The molecule has 8 nitrogen and oxygen atoms in total. The number of benzene rings is 1. The molecule has 2 saturated heterocycles.